The van der Waals surface area contributed by atoms with Crippen LogP contribution in [-0.2, 0) is 4.79 Å². The van der Waals surface area contributed by atoms with Crippen LogP contribution in [0, 0.1) is 0 Å². The Morgan fingerprint density at radius 3 is 2.91 bits per heavy atom. The summed E-state index contributed by atoms with van der Waals surface area (Å²) in [5.41, 5.74) is 0. The molecule has 0 N–H and O–H groups in total. The standard InChI is InChI=1S/C9H15NO/c11-9-5-1-2-6-10-7-3-4-8(9)10/h8H,1-7H2. The first kappa shape index (κ1) is 7.29. The zero-order valence-corrected chi connectivity index (χ0v) is 6.88. The molecule has 2 saturated heterocycles. The highest BCUT2D eigenvalue weighted by Gasteiger charge is 2.31. The fourth-order valence-corrected chi connectivity index (χ4v) is 2.24. The van der Waals surface area contributed by atoms with Crippen molar-refractivity contribution in [1.29, 1.82) is 0 Å². The molecule has 0 bridgehead atoms. The van der Waals surface area contributed by atoms with Crippen molar-refractivity contribution < 1.29 is 4.79 Å². The summed E-state index contributed by atoms with van der Waals surface area (Å²) >= 11 is 0. The van der Waals surface area contributed by atoms with E-state index in [4.69, 9.17) is 0 Å². The third kappa shape index (κ3) is 1.32. The van der Waals surface area contributed by atoms with E-state index in [9.17, 15) is 4.79 Å². The van der Waals surface area contributed by atoms with Crippen molar-refractivity contribution in [1.82, 2.24) is 4.90 Å². The maximum Gasteiger partial charge on any atom is 0.149 e. The van der Waals surface area contributed by atoms with Crippen molar-refractivity contribution in [3.05, 3.63) is 0 Å². The molecule has 0 saturated carbocycles. The van der Waals surface area contributed by atoms with Crippen LogP contribution >= 0.6 is 0 Å². The van der Waals surface area contributed by atoms with Gasteiger partial charge in [0.25, 0.3) is 0 Å². The van der Waals surface area contributed by atoms with Crippen LogP contribution in [-0.4, -0.2) is 29.8 Å². The molecule has 1 unspecified atom stereocenters. The lowest BCUT2D eigenvalue weighted by Crippen LogP contribution is -2.34. The van der Waals surface area contributed by atoms with E-state index in [1.807, 2.05) is 0 Å². The van der Waals surface area contributed by atoms with E-state index >= 15 is 0 Å². The second kappa shape index (κ2) is 2.94. The summed E-state index contributed by atoms with van der Waals surface area (Å²) in [5.74, 6) is 0.500. The summed E-state index contributed by atoms with van der Waals surface area (Å²) < 4.78 is 0. The highest BCUT2D eigenvalue weighted by molar-refractivity contribution is 5.84. The van der Waals surface area contributed by atoms with Crippen LogP contribution in [0.2, 0.25) is 0 Å². The lowest BCUT2D eigenvalue weighted by molar-refractivity contribution is -0.122. The topological polar surface area (TPSA) is 20.3 Å². The molecule has 0 aromatic heterocycles. The van der Waals surface area contributed by atoms with Crippen LogP contribution in [0.5, 0.6) is 0 Å². The molecule has 2 nitrogen and oxygen atoms in total. The molecule has 0 aromatic rings. The highest BCUT2D eigenvalue weighted by atomic mass is 16.1. The maximum atomic E-state index is 11.5. The minimum Gasteiger partial charge on any atom is -0.298 e. The third-order valence-electron chi connectivity index (χ3n) is 2.85. The minimum absolute atomic E-state index is 0.317. The zero-order chi connectivity index (χ0) is 7.68. The molecule has 2 heteroatoms. The molecule has 2 aliphatic rings. The normalized spacial score (nSPS) is 33.5. The Kier molecular flexibility index (Phi) is 1.95. The highest BCUT2D eigenvalue weighted by Crippen LogP contribution is 2.23. The molecule has 1 atom stereocenters. The van der Waals surface area contributed by atoms with Crippen molar-refractivity contribution in [3.63, 3.8) is 0 Å². The third-order valence-corrected chi connectivity index (χ3v) is 2.85. The molecular formula is C9H15NO. The van der Waals surface area contributed by atoms with Gasteiger partial charge in [-0.2, -0.15) is 0 Å². The van der Waals surface area contributed by atoms with Crippen molar-refractivity contribution >= 4 is 5.78 Å². The molecule has 0 radical (unpaired) electrons. The van der Waals surface area contributed by atoms with E-state index in [-0.39, 0.29) is 0 Å². The van der Waals surface area contributed by atoms with Crippen LogP contribution in [0.15, 0.2) is 0 Å². The van der Waals surface area contributed by atoms with Gasteiger partial charge in [-0.3, -0.25) is 9.69 Å². The number of Topliss-reactive ketones (excluding diaryl/α,β-unsaturated/α-hetero) is 1. The first-order chi connectivity index (χ1) is 5.38. The Hall–Kier alpha value is -0.370. The van der Waals surface area contributed by atoms with Crippen molar-refractivity contribution in [2.75, 3.05) is 13.1 Å². The molecule has 0 spiro atoms. The summed E-state index contributed by atoms with van der Waals surface area (Å²) in [6.07, 6.45) is 5.53. The van der Waals surface area contributed by atoms with E-state index in [0.717, 1.165) is 32.4 Å². The average Bonchev–Trinajstić information content (AvgIpc) is 2.40. The molecular weight excluding hydrogens is 138 g/mol. The number of fused-ring (bicyclic) bond motifs is 1. The number of hydrogen-bond acceptors (Lipinski definition) is 2. The summed E-state index contributed by atoms with van der Waals surface area (Å²) in [6, 6.07) is 0.317. The van der Waals surface area contributed by atoms with Gasteiger partial charge in [-0.15, -0.1) is 0 Å². The molecule has 0 amide bonds. The van der Waals surface area contributed by atoms with E-state index in [1.165, 1.54) is 12.8 Å². The second-order valence-corrected chi connectivity index (χ2v) is 3.62. The Labute approximate surface area is 67.6 Å². The minimum atomic E-state index is 0.317. The molecule has 0 aliphatic carbocycles. The first-order valence-corrected chi connectivity index (χ1v) is 4.65. The molecule has 2 rings (SSSR count). The van der Waals surface area contributed by atoms with E-state index in [0.29, 0.717) is 11.8 Å². The Morgan fingerprint density at radius 2 is 2.00 bits per heavy atom. The fourth-order valence-electron chi connectivity index (χ4n) is 2.24. The lowest BCUT2D eigenvalue weighted by Gasteiger charge is -2.19. The van der Waals surface area contributed by atoms with Gasteiger partial charge in [-0.1, -0.05) is 0 Å². The van der Waals surface area contributed by atoms with Gasteiger partial charge in [0.1, 0.15) is 5.78 Å². The van der Waals surface area contributed by atoms with Crippen LogP contribution in [0.25, 0.3) is 0 Å². The molecule has 2 heterocycles. The zero-order valence-electron chi connectivity index (χ0n) is 6.88. The van der Waals surface area contributed by atoms with Crippen LogP contribution in [0.4, 0.5) is 0 Å². The van der Waals surface area contributed by atoms with Gasteiger partial charge in [0.05, 0.1) is 6.04 Å². The van der Waals surface area contributed by atoms with Gasteiger partial charge >= 0.3 is 0 Å². The molecule has 2 aliphatic heterocycles. The Bertz CT molecular complexity index is 167. The first-order valence-electron chi connectivity index (χ1n) is 4.65. The number of nitrogens with zero attached hydrogens (tertiary/aromatic N) is 1. The summed E-state index contributed by atoms with van der Waals surface area (Å²) in [7, 11) is 0. The number of carbonyl (C=O) groups is 1. The Balaban J connectivity index is 2.09. The van der Waals surface area contributed by atoms with Crippen molar-refractivity contribution in [3.8, 4) is 0 Å². The van der Waals surface area contributed by atoms with E-state index in [2.05, 4.69) is 4.90 Å². The quantitative estimate of drug-likeness (QED) is 0.521. The SMILES string of the molecule is O=C1CCCCN2CCCC12. The van der Waals surface area contributed by atoms with Crippen LogP contribution < -0.4 is 0 Å². The van der Waals surface area contributed by atoms with E-state index < -0.39 is 0 Å². The smallest absolute Gasteiger partial charge is 0.149 e. The van der Waals surface area contributed by atoms with Gasteiger partial charge in [0.2, 0.25) is 0 Å². The average molecular weight is 153 g/mol. The largest absolute Gasteiger partial charge is 0.298 e. The number of rotatable bonds is 0. The molecule has 62 valence electrons. The van der Waals surface area contributed by atoms with Crippen molar-refractivity contribution in [2.24, 2.45) is 0 Å². The molecule has 2 fully saturated rings. The second-order valence-electron chi connectivity index (χ2n) is 3.62. The van der Waals surface area contributed by atoms with Gasteiger partial charge in [-0.05, 0) is 38.8 Å². The monoisotopic (exact) mass is 153 g/mol. The van der Waals surface area contributed by atoms with Gasteiger partial charge in [-0.25, -0.2) is 0 Å². The summed E-state index contributed by atoms with van der Waals surface area (Å²) in [4.78, 5) is 13.8. The van der Waals surface area contributed by atoms with E-state index in [1.54, 1.807) is 0 Å². The van der Waals surface area contributed by atoms with Gasteiger partial charge in [0, 0.05) is 6.42 Å². The summed E-state index contributed by atoms with van der Waals surface area (Å²) in [5, 5.41) is 0. The lowest BCUT2D eigenvalue weighted by atomic mass is 10.1. The summed E-state index contributed by atoms with van der Waals surface area (Å²) in [6.45, 7) is 2.33. The fraction of sp³-hybridized carbons (Fsp3) is 0.889. The number of ketones is 1. The number of hydrogen-bond donors (Lipinski definition) is 0. The van der Waals surface area contributed by atoms with Crippen LogP contribution in [0.1, 0.15) is 32.1 Å². The van der Waals surface area contributed by atoms with Crippen molar-refractivity contribution in [2.45, 2.75) is 38.1 Å². The predicted molar refractivity (Wildman–Crippen MR) is 43.5 cm³/mol. The molecule has 11 heavy (non-hydrogen) atoms. The predicted octanol–water partition coefficient (Wildman–Crippen LogP) is 1.20. The van der Waals surface area contributed by atoms with Crippen LogP contribution in [0.3, 0.4) is 0 Å². The maximum absolute atomic E-state index is 11.5. The Morgan fingerprint density at radius 1 is 1.18 bits per heavy atom. The van der Waals surface area contributed by atoms with Gasteiger partial charge in [0.15, 0.2) is 0 Å². The van der Waals surface area contributed by atoms with Gasteiger partial charge < -0.3 is 0 Å². The number of carbonyl (C=O) groups excluding carboxylic acids is 1. The molecule has 0 aromatic carbocycles.